The van der Waals surface area contributed by atoms with Gasteiger partial charge in [0.05, 0.1) is 7.11 Å². The number of ether oxygens (including phenoxy) is 3. The molecule has 14 heavy (non-hydrogen) atoms. The van der Waals surface area contributed by atoms with Crippen LogP contribution in [-0.2, 0) is 9.47 Å². The van der Waals surface area contributed by atoms with E-state index in [1.807, 2.05) is 0 Å². The Morgan fingerprint density at radius 3 is 2.29 bits per heavy atom. The Morgan fingerprint density at radius 1 is 1.14 bits per heavy atom. The first-order chi connectivity index (χ1) is 6.72. The van der Waals surface area contributed by atoms with Crippen LogP contribution in [0.1, 0.15) is 11.9 Å². The standard InChI is InChI=1S/C10H13BO3/c1-12-9-5-4-7(11)6-8(9)10(13-2)14-3/h4-6,10H,1-3H3. The minimum absolute atomic E-state index is 0.451. The first kappa shape index (κ1) is 11.1. The maximum atomic E-state index is 5.66. The zero-order valence-corrected chi connectivity index (χ0v) is 8.61. The van der Waals surface area contributed by atoms with Gasteiger partial charge in [-0.3, -0.25) is 0 Å². The molecule has 0 amide bonds. The van der Waals surface area contributed by atoms with Crippen molar-refractivity contribution in [2.24, 2.45) is 0 Å². The van der Waals surface area contributed by atoms with E-state index in [2.05, 4.69) is 0 Å². The van der Waals surface area contributed by atoms with Crippen LogP contribution in [0.3, 0.4) is 0 Å². The van der Waals surface area contributed by atoms with Crippen LogP contribution in [0.25, 0.3) is 0 Å². The lowest BCUT2D eigenvalue weighted by molar-refractivity contribution is -0.106. The maximum absolute atomic E-state index is 5.66. The molecule has 1 rings (SSSR count). The van der Waals surface area contributed by atoms with Crippen molar-refractivity contribution in [3.8, 4) is 5.75 Å². The average Bonchev–Trinajstić information content (AvgIpc) is 2.20. The van der Waals surface area contributed by atoms with Gasteiger partial charge in [-0.1, -0.05) is 17.6 Å². The summed E-state index contributed by atoms with van der Waals surface area (Å²) < 4.78 is 15.4. The van der Waals surface area contributed by atoms with E-state index in [1.54, 1.807) is 39.5 Å². The summed E-state index contributed by atoms with van der Waals surface area (Å²) in [7, 11) is 10.4. The molecule has 1 aromatic carbocycles. The van der Waals surface area contributed by atoms with Crippen molar-refractivity contribution in [3.05, 3.63) is 23.8 Å². The molecular formula is C10H13BO3. The lowest BCUT2D eigenvalue weighted by Gasteiger charge is -2.17. The van der Waals surface area contributed by atoms with Gasteiger partial charge in [0.15, 0.2) is 6.29 Å². The van der Waals surface area contributed by atoms with Crippen LogP contribution in [0.4, 0.5) is 0 Å². The van der Waals surface area contributed by atoms with E-state index in [1.165, 1.54) is 0 Å². The van der Waals surface area contributed by atoms with Crippen molar-refractivity contribution in [1.29, 1.82) is 0 Å². The molecule has 0 unspecified atom stereocenters. The summed E-state index contributed by atoms with van der Waals surface area (Å²) in [5, 5.41) is 0. The molecule has 0 aliphatic carbocycles. The highest BCUT2D eigenvalue weighted by Gasteiger charge is 2.14. The Morgan fingerprint density at radius 2 is 1.79 bits per heavy atom. The number of benzene rings is 1. The maximum Gasteiger partial charge on any atom is 0.186 e. The number of rotatable bonds is 4. The van der Waals surface area contributed by atoms with Crippen molar-refractivity contribution in [2.45, 2.75) is 6.29 Å². The first-order valence-electron chi connectivity index (χ1n) is 4.22. The van der Waals surface area contributed by atoms with Crippen LogP contribution in [0.2, 0.25) is 0 Å². The second kappa shape index (κ2) is 5.03. The third-order valence-corrected chi connectivity index (χ3v) is 1.94. The summed E-state index contributed by atoms with van der Waals surface area (Å²) in [5.41, 5.74) is 1.44. The fraction of sp³-hybridized carbons (Fsp3) is 0.400. The SMILES string of the molecule is [B]c1ccc(OC)c(C(OC)OC)c1. The molecule has 0 aliphatic rings. The topological polar surface area (TPSA) is 27.7 Å². The highest BCUT2D eigenvalue weighted by molar-refractivity contribution is 6.32. The molecule has 74 valence electrons. The first-order valence-corrected chi connectivity index (χ1v) is 4.22. The highest BCUT2D eigenvalue weighted by Crippen LogP contribution is 2.26. The molecule has 0 atom stereocenters. The minimum Gasteiger partial charge on any atom is -0.496 e. The summed E-state index contributed by atoms with van der Waals surface area (Å²) in [4.78, 5) is 0. The normalized spacial score (nSPS) is 10.6. The second-order valence-corrected chi connectivity index (χ2v) is 2.80. The largest absolute Gasteiger partial charge is 0.496 e. The van der Waals surface area contributed by atoms with Gasteiger partial charge in [-0.25, -0.2) is 0 Å². The summed E-state index contributed by atoms with van der Waals surface area (Å²) in [6.45, 7) is 0. The smallest absolute Gasteiger partial charge is 0.186 e. The summed E-state index contributed by atoms with van der Waals surface area (Å²) >= 11 is 0. The van der Waals surface area contributed by atoms with Crippen LogP contribution in [0.15, 0.2) is 18.2 Å². The Hall–Kier alpha value is -0.995. The van der Waals surface area contributed by atoms with E-state index in [0.29, 0.717) is 11.2 Å². The van der Waals surface area contributed by atoms with Gasteiger partial charge in [0, 0.05) is 19.8 Å². The fourth-order valence-electron chi connectivity index (χ4n) is 1.29. The highest BCUT2D eigenvalue weighted by atomic mass is 16.7. The lowest BCUT2D eigenvalue weighted by Crippen LogP contribution is -2.11. The Balaban J connectivity index is 3.08. The van der Waals surface area contributed by atoms with Gasteiger partial charge < -0.3 is 14.2 Å². The average molecular weight is 192 g/mol. The number of hydrogen-bond donors (Lipinski definition) is 0. The molecule has 0 aliphatic heterocycles. The van der Waals surface area contributed by atoms with Gasteiger partial charge in [0.1, 0.15) is 13.6 Å². The molecular weight excluding hydrogens is 179 g/mol. The molecule has 0 N–H and O–H groups in total. The summed E-state index contributed by atoms with van der Waals surface area (Å²) in [6, 6.07) is 5.33. The van der Waals surface area contributed by atoms with Gasteiger partial charge in [-0.15, -0.1) is 0 Å². The third kappa shape index (κ3) is 2.27. The van der Waals surface area contributed by atoms with Crippen LogP contribution >= 0.6 is 0 Å². The number of methoxy groups -OCH3 is 3. The molecule has 0 fully saturated rings. The van der Waals surface area contributed by atoms with E-state index in [-0.39, 0.29) is 0 Å². The van der Waals surface area contributed by atoms with Gasteiger partial charge in [-0.2, -0.15) is 0 Å². The zero-order chi connectivity index (χ0) is 10.6. The van der Waals surface area contributed by atoms with Crippen molar-refractivity contribution in [1.82, 2.24) is 0 Å². The van der Waals surface area contributed by atoms with Gasteiger partial charge >= 0.3 is 0 Å². The van der Waals surface area contributed by atoms with Crippen LogP contribution < -0.4 is 10.2 Å². The quantitative estimate of drug-likeness (QED) is 0.521. The molecule has 0 saturated heterocycles. The molecule has 0 bridgehead atoms. The molecule has 4 heteroatoms. The molecule has 1 aromatic rings. The minimum atomic E-state index is -0.451. The third-order valence-electron chi connectivity index (χ3n) is 1.94. The predicted octanol–water partition coefficient (Wildman–Crippen LogP) is 0.780. The molecule has 0 aromatic heterocycles. The van der Waals surface area contributed by atoms with Crippen molar-refractivity contribution < 1.29 is 14.2 Å². The van der Waals surface area contributed by atoms with Crippen molar-refractivity contribution in [2.75, 3.05) is 21.3 Å². The van der Waals surface area contributed by atoms with Crippen LogP contribution in [0.5, 0.6) is 5.75 Å². The van der Waals surface area contributed by atoms with Crippen molar-refractivity contribution in [3.63, 3.8) is 0 Å². The van der Waals surface area contributed by atoms with E-state index >= 15 is 0 Å². The summed E-state index contributed by atoms with van der Waals surface area (Å²) in [6.07, 6.45) is -0.451. The Labute approximate surface area is 85.4 Å². The van der Waals surface area contributed by atoms with E-state index < -0.39 is 6.29 Å². The van der Waals surface area contributed by atoms with E-state index in [4.69, 9.17) is 22.1 Å². The van der Waals surface area contributed by atoms with Gasteiger partial charge in [0.2, 0.25) is 0 Å². The van der Waals surface area contributed by atoms with E-state index in [9.17, 15) is 0 Å². The Bertz CT molecular complexity index is 297. The van der Waals surface area contributed by atoms with Crippen LogP contribution in [-0.4, -0.2) is 29.2 Å². The van der Waals surface area contributed by atoms with Gasteiger partial charge in [-0.05, 0) is 6.07 Å². The van der Waals surface area contributed by atoms with E-state index in [0.717, 1.165) is 5.56 Å². The molecule has 3 nitrogen and oxygen atoms in total. The lowest BCUT2D eigenvalue weighted by atomic mass is 9.94. The molecule has 2 radical (unpaired) electrons. The molecule has 0 saturated carbocycles. The zero-order valence-electron chi connectivity index (χ0n) is 8.61. The van der Waals surface area contributed by atoms with Crippen molar-refractivity contribution >= 4 is 13.3 Å². The predicted molar refractivity (Wildman–Crippen MR) is 55.1 cm³/mol. The number of hydrogen-bond acceptors (Lipinski definition) is 3. The molecule has 0 heterocycles. The molecule has 0 spiro atoms. The van der Waals surface area contributed by atoms with Gasteiger partial charge in [0.25, 0.3) is 0 Å². The Kier molecular flexibility index (Phi) is 3.98. The van der Waals surface area contributed by atoms with Crippen LogP contribution in [0, 0.1) is 0 Å². The second-order valence-electron chi connectivity index (χ2n) is 2.80. The monoisotopic (exact) mass is 192 g/mol. The summed E-state index contributed by atoms with van der Waals surface area (Å²) in [5.74, 6) is 0.702. The fourth-order valence-corrected chi connectivity index (χ4v) is 1.29.